The average molecular weight is 303 g/mol. The normalized spacial score (nSPS) is 22.8. The number of ether oxygens (including phenoxy) is 1. The highest BCUT2D eigenvalue weighted by Crippen LogP contribution is 2.43. The van der Waals surface area contributed by atoms with Gasteiger partial charge in [0.25, 0.3) is 0 Å². The van der Waals surface area contributed by atoms with Crippen LogP contribution in [0.1, 0.15) is 42.4 Å². The van der Waals surface area contributed by atoms with E-state index in [0.29, 0.717) is 5.92 Å². The van der Waals surface area contributed by atoms with Crippen LogP contribution in [0.3, 0.4) is 0 Å². The molecule has 0 saturated carbocycles. The molecule has 1 fully saturated rings. The summed E-state index contributed by atoms with van der Waals surface area (Å²) in [5.74, 6) is 0.533. The molecule has 122 valence electrons. The molecule has 0 aromatic heterocycles. The minimum atomic E-state index is 0.000787. The fourth-order valence-corrected chi connectivity index (χ4v) is 3.30. The number of fused-ring (bicyclic) bond motifs is 2. The Kier molecular flexibility index (Phi) is 5.86. The van der Waals surface area contributed by atoms with E-state index >= 15 is 0 Å². The van der Waals surface area contributed by atoms with Gasteiger partial charge >= 0.3 is 0 Å². The van der Waals surface area contributed by atoms with Crippen LogP contribution in [-0.2, 0) is 10.3 Å². The van der Waals surface area contributed by atoms with Crippen LogP contribution < -0.4 is 16.4 Å². The first-order valence-corrected chi connectivity index (χ1v) is 8.12. The van der Waals surface area contributed by atoms with Crippen molar-refractivity contribution < 1.29 is 4.74 Å². The number of hydrogen-bond donors (Lipinski definition) is 3. The molecule has 4 heteroatoms. The highest BCUT2D eigenvalue weighted by Gasteiger charge is 2.40. The molecule has 1 spiro atoms. The van der Waals surface area contributed by atoms with Gasteiger partial charge in [-0.2, -0.15) is 0 Å². The first kappa shape index (κ1) is 16.8. The fraction of sp³-hybridized carbons (Fsp3) is 0.556. The van der Waals surface area contributed by atoms with E-state index in [1.807, 2.05) is 0 Å². The van der Waals surface area contributed by atoms with Gasteiger partial charge in [-0.05, 0) is 44.0 Å². The molecular formula is C18H29N3O. The lowest BCUT2D eigenvalue weighted by molar-refractivity contribution is -0.0873. The van der Waals surface area contributed by atoms with Crippen LogP contribution in [0.2, 0.25) is 0 Å². The quantitative estimate of drug-likeness (QED) is 0.745. The standard InChI is InChI=1S/C15H21NO.C3H8N2/c1-11-3-4-14-13(9-11)12(2)10-17-15(14)5-7-16-8-6-15;1-5-3-2-4/h3-4,9,12,16H,5-8,10H2,1-2H3;2-3,5H,4H2,1H3/b;3-2-. The highest BCUT2D eigenvalue weighted by molar-refractivity contribution is 5.40. The zero-order chi connectivity index (χ0) is 16.0. The molecule has 1 aromatic rings. The van der Waals surface area contributed by atoms with Crippen LogP contribution in [0, 0.1) is 6.92 Å². The summed E-state index contributed by atoms with van der Waals surface area (Å²) in [6.07, 6.45) is 5.31. The predicted octanol–water partition coefficient (Wildman–Crippen LogP) is 2.34. The van der Waals surface area contributed by atoms with Gasteiger partial charge in [-0.25, -0.2) is 0 Å². The van der Waals surface area contributed by atoms with Gasteiger partial charge in [0.15, 0.2) is 0 Å². The lowest BCUT2D eigenvalue weighted by Gasteiger charge is -2.44. The fourth-order valence-electron chi connectivity index (χ4n) is 3.30. The SMILES string of the molecule is CN/C=C\N.Cc1ccc2c(c1)C(C)COC21CCNCC1. The molecule has 1 atom stereocenters. The van der Waals surface area contributed by atoms with Gasteiger partial charge in [-0.3, -0.25) is 0 Å². The Morgan fingerprint density at radius 3 is 2.68 bits per heavy atom. The molecule has 1 aromatic carbocycles. The Bertz CT molecular complexity index is 507. The van der Waals surface area contributed by atoms with Gasteiger partial charge in [-0.1, -0.05) is 30.7 Å². The van der Waals surface area contributed by atoms with E-state index < -0.39 is 0 Å². The molecule has 1 unspecified atom stereocenters. The lowest BCUT2D eigenvalue weighted by Crippen LogP contribution is -2.45. The Hall–Kier alpha value is -1.52. The maximum Gasteiger partial charge on any atom is 0.0958 e. The van der Waals surface area contributed by atoms with Gasteiger partial charge in [0, 0.05) is 25.4 Å². The van der Waals surface area contributed by atoms with Crippen molar-refractivity contribution in [3.63, 3.8) is 0 Å². The van der Waals surface area contributed by atoms with Gasteiger partial charge < -0.3 is 21.1 Å². The highest BCUT2D eigenvalue weighted by atomic mass is 16.5. The molecule has 2 aliphatic rings. The van der Waals surface area contributed by atoms with Crippen LogP contribution in [-0.4, -0.2) is 26.7 Å². The summed E-state index contributed by atoms with van der Waals surface area (Å²) in [5.41, 5.74) is 9.22. The zero-order valence-corrected chi connectivity index (χ0v) is 14.0. The second kappa shape index (κ2) is 7.65. The van der Waals surface area contributed by atoms with Crippen molar-refractivity contribution in [2.75, 3.05) is 26.7 Å². The number of nitrogens with two attached hydrogens (primary N) is 1. The van der Waals surface area contributed by atoms with Crippen molar-refractivity contribution in [2.24, 2.45) is 5.73 Å². The van der Waals surface area contributed by atoms with Crippen molar-refractivity contribution in [3.05, 3.63) is 47.3 Å². The van der Waals surface area contributed by atoms with Crippen LogP contribution in [0.5, 0.6) is 0 Å². The molecule has 0 aliphatic carbocycles. The molecule has 2 heterocycles. The van der Waals surface area contributed by atoms with E-state index in [2.05, 4.69) is 42.7 Å². The second-order valence-electron chi connectivity index (χ2n) is 6.19. The van der Waals surface area contributed by atoms with E-state index in [4.69, 9.17) is 10.5 Å². The topological polar surface area (TPSA) is 59.3 Å². The smallest absolute Gasteiger partial charge is 0.0958 e. The van der Waals surface area contributed by atoms with Crippen molar-refractivity contribution in [2.45, 2.75) is 38.2 Å². The lowest BCUT2D eigenvalue weighted by atomic mass is 9.77. The van der Waals surface area contributed by atoms with Crippen molar-refractivity contribution in [1.29, 1.82) is 0 Å². The minimum absolute atomic E-state index is 0.000787. The summed E-state index contributed by atoms with van der Waals surface area (Å²) in [7, 11) is 1.80. The summed E-state index contributed by atoms with van der Waals surface area (Å²) in [6, 6.07) is 6.88. The first-order valence-electron chi connectivity index (χ1n) is 8.12. The average Bonchev–Trinajstić information content (AvgIpc) is 2.54. The summed E-state index contributed by atoms with van der Waals surface area (Å²) in [5, 5.41) is 6.14. The van der Waals surface area contributed by atoms with Crippen LogP contribution >= 0.6 is 0 Å². The first-order chi connectivity index (χ1) is 10.6. The molecular weight excluding hydrogens is 274 g/mol. The number of nitrogens with one attached hydrogen (secondary N) is 2. The Labute approximate surface area is 134 Å². The Morgan fingerprint density at radius 1 is 1.36 bits per heavy atom. The summed E-state index contributed by atoms with van der Waals surface area (Å²) in [4.78, 5) is 0. The largest absolute Gasteiger partial charge is 0.403 e. The molecule has 4 N–H and O–H groups in total. The molecule has 1 saturated heterocycles. The van der Waals surface area contributed by atoms with Gasteiger partial charge in [0.05, 0.1) is 12.2 Å². The maximum absolute atomic E-state index is 6.25. The molecule has 0 amide bonds. The van der Waals surface area contributed by atoms with Gasteiger partial charge in [0.2, 0.25) is 0 Å². The predicted molar refractivity (Wildman–Crippen MR) is 91.7 cm³/mol. The van der Waals surface area contributed by atoms with Crippen molar-refractivity contribution in [1.82, 2.24) is 10.6 Å². The third kappa shape index (κ3) is 3.62. The summed E-state index contributed by atoms with van der Waals surface area (Å²) in [6.45, 7) is 7.46. The second-order valence-corrected chi connectivity index (χ2v) is 6.19. The van der Waals surface area contributed by atoms with E-state index in [1.165, 1.54) is 22.9 Å². The van der Waals surface area contributed by atoms with Crippen molar-refractivity contribution >= 4 is 0 Å². The number of hydrogen-bond acceptors (Lipinski definition) is 4. The van der Waals surface area contributed by atoms with E-state index in [1.54, 1.807) is 13.2 Å². The summed E-state index contributed by atoms with van der Waals surface area (Å²) >= 11 is 0. The third-order valence-electron chi connectivity index (χ3n) is 4.51. The van der Waals surface area contributed by atoms with Crippen LogP contribution in [0.25, 0.3) is 0 Å². The van der Waals surface area contributed by atoms with Gasteiger partial charge in [-0.15, -0.1) is 0 Å². The third-order valence-corrected chi connectivity index (χ3v) is 4.51. The van der Waals surface area contributed by atoms with Gasteiger partial charge in [0.1, 0.15) is 0 Å². The van der Waals surface area contributed by atoms with E-state index in [0.717, 1.165) is 32.5 Å². The Morgan fingerprint density at radius 2 is 2.09 bits per heavy atom. The molecule has 0 bridgehead atoms. The molecule has 4 nitrogen and oxygen atoms in total. The number of rotatable bonds is 1. The monoisotopic (exact) mass is 303 g/mol. The molecule has 3 rings (SSSR count). The van der Waals surface area contributed by atoms with Crippen LogP contribution in [0.15, 0.2) is 30.6 Å². The van der Waals surface area contributed by atoms with Crippen LogP contribution in [0.4, 0.5) is 0 Å². The number of aryl methyl sites for hydroxylation is 1. The molecule has 2 aliphatic heterocycles. The molecule has 0 radical (unpaired) electrons. The minimum Gasteiger partial charge on any atom is -0.403 e. The molecule has 22 heavy (non-hydrogen) atoms. The maximum atomic E-state index is 6.25. The Balaban J connectivity index is 0.000000309. The number of piperidine rings is 1. The number of benzene rings is 1. The van der Waals surface area contributed by atoms with E-state index in [9.17, 15) is 0 Å². The van der Waals surface area contributed by atoms with Crippen molar-refractivity contribution in [3.8, 4) is 0 Å². The summed E-state index contributed by atoms with van der Waals surface area (Å²) < 4.78 is 6.25. The zero-order valence-electron chi connectivity index (χ0n) is 14.0. The van der Waals surface area contributed by atoms with E-state index in [-0.39, 0.29) is 5.60 Å².